The van der Waals surface area contributed by atoms with Crippen molar-refractivity contribution in [2.75, 3.05) is 5.32 Å². The van der Waals surface area contributed by atoms with Gasteiger partial charge in [0.05, 0.1) is 5.92 Å². The van der Waals surface area contributed by atoms with Gasteiger partial charge in [-0.1, -0.05) is 13.0 Å². The summed E-state index contributed by atoms with van der Waals surface area (Å²) in [4.78, 5) is 11.7. The molecule has 0 spiro atoms. The first-order valence-electron chi connectivity index (χ1n) is 5.25. The average molecular weight is 261 g/mol. The van der Waals surface area contributed by atoms with Crippen LogP contribution in [0.3, 0.4) is 0 Å². The second-order valence-corrected chi connectivity index (χ2v) is 4.05. The zero-order chi connectivity index (χ0) is 12.3. The molecule has 1 aromatic rings. The van der Waals surface area contributed by atoms with E-state index in [1.807, 2.05) is 0 Å². The van der Waals surface area contributed by atoms with Crippen molar-refractivity contribution < 1.29 is 9.18 Å². The molecule has 1 aromatic carbocycles. The van der Waals surface area contributed by atoms with Crippen LogP contribution in [0.4, 0.5) is 10.1 Å². The summed E-state index contributed by atoms with van der Waals surface area (Å²) in [6, 6.07) is 4.37. The van der Waals surface area contributed by atoms with E-state index in [0.717, 1.165) is 0 Å². The highest BCUT2D eigenvalue weighted by Gasteiger charge is 2.17. The Kier molecular flexibility index (Phi) is 6.13. The lowest BCUT2D eigenvalue weighted by molar-refractivity contribution is -0.119. The van der Waals surface area contributed by atoms with Crippen LogP contribution in [0.5, 0.6) is 0 Å². The average Bonchev–Trinajstić information content (AvgIpc) is 2.23. The molecule has 0 aliphatic carbocycles. The first kappa shape index (κ1) is 15.9. The molecular weight excluding hydrogens is 243 g/mol. The molecule has 1 amide bonds. The van der Waals surface area contributed by atoms with Crippen molar-refractivity contribution in [3.05, 3.63) is 29.6 Å². The van der Waals surface area contributed by atoms with Gasteiger partial charge in [-0.25, -0.2) is 4.39 Å². The molecule has 0 heterocycles. The van der Waals surface area contributed by atoms with Gasteiger partial charge in [0.15, 0.2) is 0 Å². The maximum atomic E-state index is 13.2. The molecule has 2 unspecified atom stereocenters. The molecule has 0 bridgehead atoms. The quantitative estimate of drug-likeness (QED) is 0.877. The molecule has 0 aromatic heterocycles. The Hall–Kier alpha value is -1.13. The summed E-state index contributed by atoms with van der Waals surface area (Å²) >= 11 is 0. The fraction of sp³-hybridized carbons (Fsp3) is 0.417. The van der Waals surface area contributed by atoms with Crippen LogP contribution in [0, 0.1) is 18.7 Å². The van der Waals surface area contributed by atoms with Crippen molar-refractivity contribution >= 4 is 24.0 Å². The number of hydrogen-bond donors (Lipinski definition) is 2. The lowest BCUT2D eigenvalue weighted by Gasteiger charge is -2.16. The van der Waals surface area contributed by atoms with Gasteiger partial charge >= 0.3 is 0 Å². The number of halogens is 2. The van der Waals surface area contributed by atoms with Crippen molar-refractivity contribution in [3.8, 4) is 0 Å². The van der Waals surface area contributed by atoms with Crippen molar-refractivity contribution in [1.82, 2.24) is 0 Å². The van der Waals surface area contributed by atoms with Crippen LogP contribution < -0.4 is 11.1 Å². The normalized spacial score (nSPS) is 13.5. The third-order valence-electron chi connectivity index (χ3n) is 2.73. The largest absolute Gasteiger partial charge is 0.327 e. The zero-order valence-corrected chi connectivity index (χ0v) is 11.0. The van der Waals surface area contributed by atoms with Crippen molar-refractivity contribution in [3.63, 3.8) is 0 Å². The van der Waals surface area contributed by atoms with Crippen LogP contribution in [-0.4, -0.2) is 11.9 Å². The summed E-state index contributed by atoms with van der Waals surface area (Å²) in [5.74, 6) is -0.822. The highest BCUT2D eigenvalue weighted by Crippen LogP contribution is 2.18. The number of benzene rings is 1. The van der Waals surface area contributed by atoms with Crippen LogP contribution in [0.1, 0.15) is 19.4 Å². The summed E-state index contributed by atoms with van der Waals surface area (Å²) < 4.78 is 13.2. The Morgan fingerprint density at radius 3 is 2.53 bits per heavy atom. The van der Waals surface area contributed by atoms with Gasteiger partial charge in [-0.2, -0.15) is 0 Å². The number of carbonyl (C=O) groups excluding carboxylic acids is 1. The molecular formula is C12H18ClFN2O. The Morgan fingerprint density at radius 1 is 1.41 bits per heavy atom. The zero-order valence-electron chi connectivity index (χ0n) is 10.2. The van der Waals surface area contributed by atoms with Gasteiger partial charge in [-0.3, -0.25) is 4.79 Å². The second kappa shape index (κ2) is 6.57. The molecule has 96 valence electrons. The minimum absolute atomic E-state index is 0. The van der Waals surface area contributed by atoms with Crippen molar-refractivity contribution in [1.29, 1.82) is 0 Å². The fourth-order valence-corrected chi connectivity index (χ4v) is 1.23. The van der Waals surface area contributed by atoms with Gasteiger partial charge in [0.1, 0.15) is 5.82 Å². The first-order valence-corrected chi connectivity index (χ1v) is 5.25. The minimum Gasteiger partial charge on any atom is -0.327 e. The second-order valence-electron chi connectivity index (χ2n) is 4.05. The van der Waals surface area contributed by atoms with E-state index in [4.69, 9.17) is 5.73 Å². The van der Waals surface area contributed by atoms with Crippen LogP contribution >= 0.6 is 12.4 Å². The molecule has 0 aliphatic rings. The summed E-state index contributed by atoms with van der Waals surface area (Å²) in [7, 11) is 0. The molecule has 3 nitrogen and oxygen atoms in total. The SMILES string of the molecule is Cc1c(F)cccc1NC(=O)C(C)C(C)N.Cl. The van der Waals surface area contributed by atoms with Gasteiger partial charge in [-0.15, -0.1) is 12.4 Å². The molecule has 0 radical (unpaired) electrons. The number of rotatable bonds is 3. The van der Waals surface area contributed by atoms with E-state index in [0.29, 0.717) is 11.3 Å². The van der Waals surface area contributed by atoms with Crippen LogP contribution in [0.25, 0.3) is 0 Å². The third-order valence-corrected chi connectivity index (χ3v) is 2.73. The fourth-order valence-electron chi connectivity index (χ4n) is 1.23. The molecule has 17 heavy (non-hydrogen) atoms. The number of anilines is 1. The molecule has 0 saturated carbocycles. The summed E-state index contributed by atoms with van der Waals surface area (Å²) in [5, 5.41) is 2.67. The monoisotopic (exact) mass is 260 g/mol. The number of amides is 1. The van der Waals surface area contributed by atoms with Crippen LogP contribution in [0.15, 0.2) is 18.2 Å². The van der Waals surface area contributed by atoms with Gasteiger partial charge in [0, 0.05) is 17.3 Å². The summed E-state index contributed by atoms with van der Waals surface area (Å²) in [6.07, 6.45) is 0. The Bertz CT molecular complexity index is 396. The molecule has 0 fully saturated rings. The van der Waals surface area contributed by atoms with Gasteiger partial charge < -0.3 is 11.1 Å². The van der Waals surface area contributed by atoms with Gasteiger partial charge in [-0.05, 0) is 26.0 Å². The topological polar surface area (TPSA) is 55.1 Å². The highest BCUT2D eigenvalue weighted by molar-refractivity contribution is 5.93. The van der Waals surface area contributed by atoms with Crippen molar-refractivity contribution in [2.45, 2.75) is 26.8 Å². The van der Waals surface area contributed by atoms with E-state index in [1.165, 1.54) is 6.07 Å². The number of carbonyl (C=O) groups is 1. The van der Waals surface area contributed by atoms with E-state index in [2.05, 4.69) is 5.32 Å². The Morgan fingerprint density at radius 2 is 2.00 bits per heavy atom. The van der Waals surface area contributed by atoms with E-state index >= 15 is 0 Å². The summed E-state index contributed by atoms with van der Waals surface area (Å²) in [6.45, 7) is 5.14. The van der Waals surface area contributed by atoms with Crippen LogP contribution in [0.2, 0.25) is 0 Å². The predicted molar refractivity (Wildman–Crippen MR) is 69.8 cm³/mol. The van der Waals surface area contributed by atoms with Gasteiger partial charge in [0.2, 0.25) is 5.91 Å². The smallest absolute Gasteiger partial charge is 0.228 e. The maximum Gasteiger partial charge on any atom is 0.228 e. The molecule has 3 N–H and O–H groups in total. The molecule has 0 aliphatic heterocycles. The van der Waals surface area contributed by atoms with E-state index in [9.17, 15) is 9.18 Å². The third kappa shape index (κ3) is 3.98. The highest BCUT2D eigenvalue weighted by atomic mass is 35.5. The summed E-state index contributed by atoms with van der Waals surface area (Å²) in [5.41, 5.74) is 6.56. The van der Waals surface area contributed by atoms with E-state index < -0.39 is 0 Å². The van der Waals surface area contributed by atoms with Gasteiger partial charge in [0.25, 0.3) is 0 Å². The molecule has 1 rings (SSSR count). The van der Waals surface area contributed by atoms with E-state index in [-0.39, 0.29) is 36.1 Å². The maximum absolute atomic E-state index is 13.2. The number of nitrogens with two attached hydrogens (primary N) is 1. The molecule has 5 heteroatoms. The molecule has 2 atom stereocenters. The first-order chi connectivity index (χ1) is 7.43. The van der Waals surface area contributed by atoms with E-state index in [1.54, 1.807) is 32.9 Å². The lowest BCUT2D eigenvalue weighted by atomic mass is 10.0. The molecule has 0 saturated heterocycles. The van der Waals surface area contributed by atoms with Crippen LogP contribution in [-0.2, 0) is 4.79 Å². The lowest BCUT2D eigenvalue weighted by Crippen LogP contribution is -2.34. The predicted octanol–water partition coefficient (Wildman–Crippen LogP) is 2.48. The standard InChI is InChI=1S/C12H17FN2O.ClH/c1-7(9(3)14)12(16)15-11-6-4-5-10(13)8(11)2;/h4-7,9H,14H2,1-3H3,(H,15,16);1H. The van der Waals surface area contributed by atoms with Crippen molar-refractivity contribution in [2.24, 2.45) is 11.7 Å². The number of nitrogens with one attached hydrogen (secondary N) is 1. The number of hydrogen-bond acceptors (Lipinski definition) is 2. The minimum atomic E-state index is -0.328. The Balaban J connectivity index is 0.00000256. The Labute approximate surface area is 107 Å².